The van der Waals surface area contributed by atoms with E-state index in [2.05, 4.69) is 34.5 Å². The van der Waals surface area contributed by atoms with Gasteiger partial charge in [0.05, 0.1) is 25.9 Å². The number of ether oxygens (including phenoxy) is 2. The molecule has 2 aliphatic rings. The number of benzene rings is 2. The number of hydrogen-bond acceptors (Lipinski definition) is 4. The predicted molar refractivity (Wildman–Crippen MR) is 118 cm³/mol. The molecule has 3 atom stereocenters. The van der Waals surface area contributed by atoms with Crippen LogP contribution in [0.3, 0.4) is 0 Å². The second-order valence-corrected chi connectivity index (χ2v) is 8.35. The number of carbonyl (C=O) groups excluding carboxylic acids is 1. The molecule has 3 unspecified atom stereocenters. The lowest BCUT2D eigenvalue weighted by molar-refractivity contribution is -0.122. The monoisotopic (exact) mass is 428 g/mol. The summed E-state index contributed by atoms with van der Waals surface area (Å²) in [7, 11) is 0. The van der Waals surface area contributed by atoms with Crippen LogP contribution in [0.5, 0.6) is 5.75 Å². The second kappa shape index (κ2) is 9.82. The minimum Gasteiger partial charge on any atom is -0.494 e. The van der Waals surface area contributed by atoms with Gasteiger partial charge in [-0.2, -0.15) is 0 Å². The van der Waals surface area contributed by atoms with Crippen LogP contribution in [0.25, 0.3) is 0 Å². The number of rotatable bonds is 8. The molecule has 1 saturated heterocycles. The van der Waals surface area contributed by atoms with Crippen LogP contribution < -0.4 is 10.1 Å². The summed E-state index contributed by atoms with van der Waals surface area (Å²) in [4.78, 5) is 15.2. The minimum atomic E-state index is 0.0542. The fraction of sp³-hybridized carbons (Fsp3) is 0.458. The molecule has 2 fully saturated rings. The van der Waals surface area contributed by atoms with E-state index in [0.29, 0.717) is 19.1 Å². The van der Waals surface area contributed by atoms with Gasteiger partial charge in [0, 0.05) is 30.6 Å². The highest BCUT2D eigenvalue weighted by Crippen LogP contribution is 2.47. The molecule has 2 aromatic rings. The standard InChI is InChI=1S/C24H29ClN2O3/c1-2-30-20-9-5-17(6-10-20)21-15-22(21)24(28)26-16-23(27-11-13-29-14-12-27)18-3-7-19(25)8-4-18/h3-10,21-23H,2,11-16H2,1H3,(H,26,28). The minimum absolute atomic E-state index is 0.0542. The first-order valence-electron chi connectivity index (χ1n) is 10.7. The Morgan fingerprint density at radius 3 is 2.53 bits per heavy atom. The fourth-order valence-electron chi connectivity index (χ4n) is 4.19. The third-order valence-electron chi connectivity index (χ3n) is 5.96. The molecule has 0 spiro atoms. The van der Waals surface area contributed by atoms with E-state index in [1.807, 2.05) is 31.2 Å². The average Bonchev–Trinajstić information content (AvgIpc) is 3.58. The van der Waals surface area contributed by atoms with Crippen LogP contribution in [0.15, 0.2) is 48.5 Å². The number of nitrogens with one attached hydrogen (secondary N) is 1. The zero-order valence-corrected chi connectivity index (χ0v) is 18.1. The van der Waals surface area contributed by atoms with E-state index < -0.39 is 0 Å². The van der Waals surface area contributed by atoms with Crippen molar-refractivity contribution in [3.05, 3.63) is 64.7 Å². The Bertz CT molecular complexity index is 835. The molecule has 30 heavy (non-hydrogen) atoms. The highest BCUT2D eigenvalue weighted by Gasteiger charge is 2.44. The Hall–Kier alpha value is -2.08. The van der Waals surface area contributed by atoms with E-state index in [-0.39, 0.29) is 17.9 Å². The molecule has 1 heterocycles. The van der Waals surface area contributed by atoms with E-state index in [9.17, 15) is 4.79 Å². The number of morpholine rings is 1. The Kier molecular flexibility index (Phi) is 6.93. The maximum absolute atomic E-state index is 12.8. The molecule has 0 radical (unpaired) electrons. The van der Waals surface area contributed by atoms with Crippen molar-refractivity contribution >= 4 is 17.5 Å². The molecule has 2 aromatic carbocycles. The van der Waals surface area contributed by atoms with Gasteiger partial charge in [0.1, 0.15) is 5.75 Å². The van der Waals surface area contributed by atoms with Crippen LogP contribution >= 0.6 is 11.6 Å². The fourth-order valence-corrected chi connectivity index (χ4v) is 4.32. The third kappa shape index (κ3) is 5.15. The van der Waals surface area contributed by atoms with Gasteiger partial charge in [0.2, 0.25) is 5.91 Å². The van der Waals surface area contributed by atoms with Crippen molar-refractivity contribution in [1.29, 1.82) is 0 Å². The largest absolute Gasteiger partial charge is 0.494 e. The van der Waals surface area contributed by atoms with E-state index in [4.69, 9.17) is 21.1 Å². The summed E-state index contributed by atoms with van der Waals surface area (Å²) in [5.41, 5.74) is 2.38. The highest BCUT2D eigenvalue weighted by molar-refractivity contribution is 6.30. The van der Waals surface area contributed by atoms with Crippen LogP contribution in [-0.4, -0.2) is 50.3 Å². The first-order valence-corrected chi connectivity index (χ1v) is 11.1. The molecule has 160 valence electrons. The molecular weight excluding hydrogens is 400 g/mol. The van der Waals surface area contributed by atoms with E-state index in [1.165, 1.54) is 11.1 Å². The molecule has 1 saturated carbocycles. The zero-order valence-electron chi connectivity index (χ0n) is 17.4. The number of amides is 1. The summed E-state index contributed by atoms with van der Waals surface area (Å²) in [6, 6.07) is 16.2. The SMILES string of the molecule is CCOc1ccc(C2CC2C(=O)NCC(c2ccc(Cl)cc2)N2CCOCC2)cc1. The van der Waals surface area contributed by atoms with Crippen molar-refractivity contribution in [3.8, 4) is 5.75 Å². The number of halogens is 1. The zero-order chi connectivity index (χ0) is 20.9. The van der Waals surface area contributed by atoms with Crippen molar-refractivity contribution < 1.29 is 14.3 Å². The predicted octanol–water partition coefficient (Wildman–Crippen LogP) is 4.03. The molecule has 5 nitrogen and oxygen atoms in total. The van der Waals surface area contributed by atoms with Gasteiger partial charge in [0.15, 0.2) is 0 Å². The molecule has 6 heteroatoms. The lowest BCUT2D eigenvalue weighted by Crippen LogP contribution is -2.44. The second-order valence-electron chi connectivity index (χ2n) is 7.91. The highest BCUT2D eigenvalue weighted by atomic mass is 35.5. The molecule has 1 N–H and O–H groups in total. The summed E-state index contributed by atoms with van der Waals surface area (Å²) in [6.07, 6.45) is 0.906. The van der Waals surface area contributed by atoms with Crippen LogP contribution in [0.1, 0.15) is 36.4 Å². The van der Waals surface area contributed by atoms with Gasteiger partial charge < -0.3 is 14.8 Å². The molecule has 1 aliphatic carbocycles. The third-order valence-corrected chi connectivity index (χ3v) is 6.21. The van der Waals surface area contributed by atoms with Crippen LogP contribution in [0.4, 0.5) is 0 Å². The molecule has 0 bridgehead atoms. The summed E-state index contributed by atoms with van der Waals surface area (Å²) in [5, 5.41) is 3.93. The van der Waals surface area contributed by atoms with Crippen LogP contribution in [0.2, 0.25) is 5.02 Å². The van der Waals surface area contributed by atoms with Crippen LogP contribution in [0, 0.1) is 5.92 Å². The number of hydrogen-bond donors (Lipinski definition) is 1. The number of carbonyl (C=O) groups is 1. The van der Waals surface area contributed by atoms with Gasteiger partial charge in [-0.15, -0.1) is 0 Å². The summed E-state index contributed by atoms with van der Waals surface area (Å²) in [6.45, 7) is 6.39. The van der Waals surface area contributed by atoms with E-state index in [0.717, 1.165) is 43.5 Å². The van der Waals surface area contributed by atoms with Gasteiger partial charge >= 0.3 is 0 Å². The van der Waals surface area contributed by atoms with Gasteiger partial charge in [-0.1, -0.05) is 35.9 Å². The van der Waals surface area contributed by atoms with Crippen molar-refractivity contribution in [1.82, 2.24) is 10.2 Å². The molecule has 0 aromatic heterocycles. The Balaban J connectivity index is 1.36. The van der Waals surface area contributed by atoms with Gasteiger partial charge in [-0.25, -0.2) is 0 Å². The van der Waals surface area contributed by atoms with Crippen molar-refractivity contribution in [2.45, 2.75) is 25.3 Å². The molecule has 1 amide bonds. The Morgan fingerprint density at radius 2 is 1.87 bits per heavy atom. The van der Waals surface area contributed by atoms with Crippen molar-refractivity contribution in [2.24, 2.45) is 5.92 Å². The van der Waals surface area contributed by atoms with Gasteiger partial charge in [-0.05, 0) is 54.7 Å². The van der Waals surface area contributed by atoms with Crippen molar-refractivity contribution in [3.63, 3.8) is 0 Å². The van der Waals surface area contributed by atoms with Crippen LogP contribution in [-0.2, 0) is 9.53 Å². The summed E-state index contributed by atoms with van der Waals surface area (Å²) < 4.78 is 11.0. The van der Waals surface area contributed by atoms with E-state index in [1.54, 1.807) is 0 Å². The summed E-state index contributed by atoms with van der Waals surface area (Å²) in [5.74, 6) is 1.37. The summed E-state index contributed by atoms with van der Waals surface area (Å²) >= 11 is 6.07. The normalized spacial score (nSPS) is 22.3. The Labute approximate surface area is 183 Å². The molecule has 4 rings (SSSR count). The molecular formula is C24H29ClN2O3. The Morgan fingerprint density at radius 1 is 1.17 bits per heavy atom. The quantitative estimate of drug-likeness (QED) is 0.689. The first-order chi connectivity index (χ1) is 14.7. The first kappa shape index (κ1) is 21.2. The van der Waals surface area contributed by atoms with E-state index >= 15 is 0 Å². The lowest BCUT2D eigenvalue weighted by atomic mass is 10.0. The smallest absolute Gasteiger partial charge is 0.223 e. The maximum Gasteiger partial charge on any atom is 0.223 e. The number of nitrogens with zero attached hydrogens (tertiary/aromatic N) is 1. The van der Waals surface area contributed by atoms with Crippen molar-refractivity contribution in [2.75, 3.05) is 39.5 Å². The maximum atomic E-state index is 12.8. The van der Waals surface area contributed by atoms with Gasteiger partial charge in [0.25, 0.3) is 0 Å². The lowest BCUT2D eigenvalue weighted by Gasteiger charge is -2.35. The van der Waals surface area contributed by atoms with Gasteiger partial charge in [-0.3, -0.25) is 9.69 Å². The topological polar surface area (TPSA) is 50.8 Å². The molecule has 1 aliphatic heterocycles. The average molecular weight is 429 g/mol.